The van der Waals surface area contributed by atoms with Crippen LogP contribution in [0.25, 0.3) is 0 Å². The summed E-state index contributed by atoms with van der Waals surface area (Å²) in [6, 6.07) is 11.6. The van der Waals surface area contributed by atoms with Gasteiger partial charge in [0, 0.05) is 36.8 Å². The van der Waals surface area contributed by atoms with E-state index in [1.807, 2.05) is 6.07 Å². The number of ether oxygens (including phenoxy) is 1. The third-order valence-electron chi connectivity index (χ3n) is 6.80. The molecule has 0 saturated heterocycles. The van der Waals surface area contributed by atoms with Crippen molar-refractivity contribution in [2.45, 2.75) is 77.5 Å². The maximum absolute atomic E-state index is 13.1. The van der Waals surface area contributed by atoms with Crippen molar-refractivity contribution in [1.29, 1.82) is 0 Å². The summed E-state index contributed by atoms with van der Waals surface area (Å²) in [7, 11) is 0. The normalized spacial score (nSPS) is 15.4. The standard InChI is InChI=1S/C30H36N4O6/c1-30(2,3)40-29(39)31-15-14-25(35)33-21-9-7-8-19(16-21)18-32-26(36)20-12-13-23-24(17-20)28(38)34(27(23)37)22-10-5-4-6-11-22/h7-9,12-13,16-17,22H,4-6,10-11,14-15,18H2,1-3H3,(H,31,39)(H,32,36)(H,33,35). The van der Waals surface area contributed by atoms with Crippen LogP contribution in [0.5, 0.6) is 0 Å². The average Bonchev–Trinajstić information content (AvgIpc) is 3.16. The minimum absolute atomic E-state index is 0.0674. The summed E-state index contributed by atoms with van der Waals surface area (Å²) in [6.07, 6.45) is 4.25. The van der Waals surface area contributed by atoms with Crippen molar-refractivity contribution >= 4 is 35.4 Å². The minimum Gasteiger partial charge on any atom is -0.444 e. The molecular formula is C30H36N4O6. The van der Waals surface area contributed by atoms with E-state index < -0.39 is 11.7 Å². The number of carbonyl (C=O) groups excluding carboxylic acids is 5. The second kappa shape index (κ2) is 12.3. The molecule has 1 saturated carbocycles. The summed E-state index contributed by atoms with van der Waals surface area (Å²) in [5.41, 5.74) is 1.61. The predicted molar refractivity (Wildman–Crippen MR) is 149 cm³/mol. The molecule has 1 aliphatic heterocycles. The fraction of sp³-hybridized carbons (Fsp3) is 0.433. The summed E-state index contributed by atoms with van der Waals surface area (Å²) < 4.78 is 5.14. The van der Waals surface area contributed by atoms with E-state index in [1.54, 1.807) is 51.1 Å². The molecule has 3 N–H and O–H groups in total. The van der Waals surface area contributed by atoms with E-state index in [2.05, 4.69) is 16.0 Å². The Hall–Kier alpha value is -4.21. The van der Waals surface area contributed by atoms with E-state index in [9.17, 15) is 24.0 Å². The number of hydrogen-bond donors (Lipinski definition) is 3. The van der Waals surface area contributed by atoms with Crippen molar-refractivity contribution in [3.05, 3.63) is 64.7 Å². The fourth-order valence-electron chi connectivity index (χ4n) is 4.93. The van der Waals surface area contributed by atoms with E-state index in [0.29, 0.717) is 16.8 Å². The first-order valence-electron chi connectivity index (χ1n) is 13.7. The molecule has 1 heterocycles. The highest BCUT2D eigenvalue weighted by molar-refractivity contribution is 6.22. The van der Waals surface area contributed by atoms with Gasteiger partial charge in [-0.2, -0.15) is 0 Å². The van der Waals surface area contributed by atoms with Crippen LogP contribution in [-0.4, -0.2) is 52.8 Å². The van der Waals surface area contributed by atoms with Gasteiger partial charge in [0.2, 0.25) is 5.91 Å². The third kappa shape index (κ3) is 7.25. The number of rotatable bonds is 8. The number of amides is 5. The summed E-state index contributed by atoms with van der Waals surface area (Å²) in [6.45, 7) is 5.60. The number of alkyl carbamates (subject to hydrolysis) is 1. The number of nitrogens with one attached hydrogen (secondary N) is 3. The maximum atomic E-state index is 13.1. The molecule has 0 spiro atoms. The molecule has 10 heteroatoms. The van der Waals surface area contributed by atoms with E-state index in [4.69, 9.17) is 4.74 Å². The topological polar surface area (TPSA) is 134 Å². The van der Waals surface area contributed by atoms with Gasteiger partial charge >= 0.3 is 6.09 Å². The van der Waals surface area contributed by atoms with Crippen molar-refractivity contribution < 1.29 is 28.7 Å². The number of hydrogen-bond acceptors (Lipinski definition) is 6. The van der Waals surface area contributed by atoms with Crippen LogP contribution in [-0.2, 0) is 16.1 Å². The number of anilines is 1. The third-order valence-corrected chi connectivity index (χ3v) is 6.80. The van der Waals surface area contributed by atoms with Gasteiger partial charge in [-0.1, -0.05) is 31.4 Å². The zero-order chi connectivity index (χ0) is 28.9. The first-order valence-corrected chi connectivity index (χ1v) is 13.7. The highest BCUT2D eigenvalue weighted by atomic mass is 16.6. The molecule has 212 valence electrons. The number of benzene rings is 2. The van der Waals surface area contributed by atoms with Gasteiger partial charge in [0.05, 0.1) is 11.1 Å². The van der Waals surface area contributed by atoms with Gasteiger partial charge < -0.3 is 20.7 Å². The van der Waals surface area contributed by atoms with Gasteiger partial charge in [-0.25, -0.2) is 4.79 Å². The van der Waals surface area contributed by atoms with Crippen molar-refractivity contribution in [3.63, 3.8) is 0 Å². The van der Waals surface area contributed by atoms with Crippen molar-refractivity contribution in [2.24, 2.45) is 0 Å². The molecule has 0 unspecified atom stereocenters. The molecule has 0 atom stereocenters. The summed E-state index contributed by atoms with van der Waals surface area (Å²) in [5.74, 6) is -1.26. The number of fused-ring (bicyclic) bond motifs is 1. The van der Waals surface area contributed by atoms with Gasteiger partial charge in [-0.05, 0) is 69.5 Å². The molecule has 2 aromatic carbocycles. The second-order valence-corrected chi connectivity index (χ2v) is 11.1. The lowest BCUT2D eigenvalue weighted by atomic mass is 9.94. The Balaban J connectivity index is 1.29. The molecule has 2 aromatic rings. The Morgan fingerprint density at radius 3 is 2.38 bits per heavy atom. The smallest absolute Gasteiger partial charge is 0.407 e. The number of imide groups is 1. The molecule has 0 radical (unpaired) electrons. The van der Waals surface area contributed by atoms with Gasteiger partial charge in [0.25, 0.3) is 17.7 Å². The fourth-order valence-corrected chi connectivity index (χ4v) is 4.93. The average molecular weight is 549 g/mol. The Morgan fingerprint density at radius 1 is 0.925 bits per heavy atom. The molecule has 0 bridgehead atoms. The summed E-state index contributed by atoms with van der Waals surface area (Å²) in [4.78, 5) is 64.2. The van der Waals surface area contributed by atoms with E-state index in [0.717, 1.165) is 37.7 Å². The van der Waals surface area contributed by atoms with Crippen LogP contribution in [0.15, 0.2) is 42.5 Å². The lowest BCUT2D eigenvalue weighted by molar-refractivity contribution is -0.116. The van der Waals surface area contributed by atoms with Crippen LogP contribution in [0.1, 0.15) is 95.9 Å². The number of nitrogens with zero attached hydrogens (tertiary/aromatic N) is 1. The highest BCUT2D eigenvalue weighted by Crippen LogP contribution is 2.31. The van der Waals surface area contributed by atoms with Gasteiger partial charge in [0.1, 0.15) is 5.60 Å². The zero-order valence-corrected chi connectivity index (χ0v) is 23.2. The highest BCUT2D eigenvalue weighted by Gasteiger charge is 2.40. The van der Waals surface area contributed by atoms with Crippen LogP contribution in [0.3, 0.4) is 0 Å². The minimum atomic E-state index is -0.616. The maximum Gasteiger partial charge on any atom is 0.407 e. The van der Waals surface area contributed by atoms with E-state index >= 15 is 0 Å². The lowest BCUT2D eigenvalue weighted by Gasteiger charge is -2.29. The molecule has 4 rings (SSSR count). The Labute approximate surface area is 233 Å². The van der Waals surface area contributed by atoms with Crippen LogP contribution in [0.4, 0.5) is 10.5 Å². The van der Waals surface area contributed by atoms with Crippen LogP contribution in [0.2, 0.25) is 0 Å². The van der Waals surface area contributed by atoms with Crippen molar-refractivity contribution in [3.8, 4) is 0 Å². The van der Waals surface area contributed by atoms with Crippen molar-refractivity contribution in [1.82, 2.24) is 15.5 Å². The largest absolute Gasteiger partial charge is 0.444 e. The second-order valence-electron chi connectivity index (χ2n) is 11.1. The van der Waals surface area contributed by atoms with Crippen LogP contribution < -0.4 is 16.0 Å². The SMILES string of the molecule is CC(C)(C)OC(=O)NCCC(=O)Nc1cccc(CNC(=O)c2ccc3c(c2)C(=O)N(C2CCCCC2)C3=O)c1. The molecule has 10 nitrogen and oxygen atoms in total. The van der Waals surface area contributed by atoms with Gasteiger partial charge in [-0.15, -0.1) is 0 Å². The van der Waals surface area contributed by atoms with Gasteiger partial charge in [0.15, 0.2) is 0 Å². The first-order chi connectivity index (χ1) is 19.0. The first kappa shape index (κ1) is 28.8. The van der Waals surface area contributed by atoms with E-state index in [-0.39, 0.29) is 54.7 Å². The molecule has 40 heavy (non-hydrogen) atoms. The number of carbonyl (C=O) groups is 5. The summed E-state index contributed by atoms with van der Waals surface area (Å²) >= 11 is 0. The molecule has 1 fully saturated rings. The quantitative estimate of drug-likeness (QED) is 0.419. The lowest BCUT2D eigenvalue weighted by Crippen LogP contribution is -2.40. The molecule has 1 aliphatic carbocycles. The molecular weight excluding hydrogens is 512 g/mol. The Kier molecular flexibility index (Phi) is 8.86. The van der Waals surface area contributed by atoms with Crippen LogP contribution >= 0.6 is 0 Å². The monoisotopic (exact) mass is 548 g/mol. The zero-order valence-electron chi connectivity index (χ0n) is 23.2. The van der Waals surface area contributed by atoms with E-state index in [1.165, 1.54) is 11.0 Å². The summed E-state index contributed by atoms with van der Waals surface area (Å²) in [5, 5.41) is 8.15. The molecule has 5 amide bonds. The van der Waals surface area contributed by atoms with Gasteiger partial charge in [-0.3, -0.25) is 24.1 Å². The van der Waals surface area contributed by atoms with Crippen molar-refractivity contribution in [2.75, 3.05) is 11.9 Å². The Morgan fingerprint density at radius 2 is 1.65 bits per heavy atom. The molecule has 0 aromatic heterocycles. The predicted octanol–water partition coefficient (Wildman–Crippen LogP) is 4.40. The van der Waals surface area contributed by atoms with Crippen LogP contribution in [0, 0.1) is 0 Å². The molecule has 2 aliphatic rings. The Bertz CT molecular complexity index is 1310.